The SMILES string of the molecule is CC(C[O+]c1ccccc1)NC(C)C(O)c1ccc(O)cc1. The second-order valence-corrected chi connectivity index (χ2v) is 5.52. The summed E-state index contributed by atoms with van der Waals surface area (Å²) < 4.78 is 5.69. The summed E-state index contributed by atoms with van der Waals surface area (Å²) in [5.74, 6) is 1.03. The number of ether oxygens (including phenoxy) is 1. The van der Waals surface area contributed by atoms with E-state index in [-0.39, 0.29) is 17.8 Å². The summed E-state index contributed by atoms with van der Waals surface area (Å²) in [7, 11) is 0. The molecular weight excluding hydrogens is 278 g/mol. The average Bonchev–Trinajstić information content (AvgIpc) is 2.54. The summed E-state index contributed by atoms with van der Waals surface area (Å²) in [4.78, 5) is 0. The Morgan fingerprint density at radius 3 is 2.27 bits per heavy atom. The maximum atomic E-state index is 10.3. The molecule has 3 unspecified atom stereocenters. The molecule has 3 atom stereocenters. The predicted octanol–water partition coefficient (Wildman–Crippen LogP) is 2.87. The topological polar surface area (TPSA) is 63.8 Å². The van der Waals surface area contributed by atoms with Gasteiger partial charge < -0.3 is 15.5 Å². The summed E-state index contributed by atoms with van der Waals surface area (Å²) >= 11 is 0. The molecule has 4 heteroatoms. The van der Waals surface area contributed by atoms with E-state index < -0.39 is 6.10 Å². The maximum absolute atomic E-state index is 10.3. The van der Waals surface area contributed by atoms with Crippen molar-refractivity contribution >= 4 is 0 Å². The minimum atomic E-state index is -0.639. The zero-order valence-electron chi connectivity index (χ0n) is 12.9. The maximum Gasteiger partial charge on any atom is 0.343 e. The molecule has 0 aromatic heterocycles. The van der Waals surface area contributed by atoms with Gasteiger partial charge in [0.05, 0.1) is 12.1 Å². The fourth-order valence-electron chi connectivity index (χ4n) is 2.29. The predicted molar refractivity (Wildman–Crippen MR) is 87.1 cm³/mol. The van der Waals surface area contributed by atoms with E-state index in [1.165, 1.54) is 0 Å². The number of aliphatic hydroxyl groups is 1. The van der Waals surface area contributed by atoms with E-state index >= 15 is 0 Å². The van der Waals surface area contributed by atoms with Crippen LogP contribution in [-0.2, 0) is 0 Å². The van der Waals surface area contributed by atoms with Crippen LogP contribution in [0.15, 0.2) is 54.6 Å². The van der Waals surface area contributed by atoms with Crippen LogP contribution in [0.2, 0.25) is 0 Å². The van der Waals surface area contributed by atoms with Crippen molar-refractivity contribution in [3.63, 3.8) is 0 Å². The molecule has 4 nitrogen and oxygen atoms in total. The van der Waals surface area contributed by atoms with Gasteiger partial charge in [0.1, 0.15) is 5.75 Å². The van der Waals surface area contributed by atoms with Crippen molar-refractivity contribution in [2.75, 3.05) is 6.61 Å². The van der Waals surface area contributed by atoms with Crippen molar-refractivity contribution in [3.8, 4) is 11.5 Å². The highest BCUT2D eigenvalue weighted by Gasteiger charge is 2.21. The van der Waals surface area contributed by atoms with Crippen LogP contribution in [0, 0.1) is 0 Å². The van der Waals surface area contributed by atoms with Gasteiger partial charge in [-0.05, 0) is 31.5 Å². The Bertz CT molecular complexity index is 556. The number of hydrogen-bond acceptors (Lipinski definition) is 4. The average molecular weight is 301 g/mol. The van der Waals surface area contributed by atoms with E-state index in [1.807, 2.05) is 44.2 Å². The van der Waals surface area contributed by atoms with Gasteiger partial charge in [0.2, 0.25) is 0 Å². The Balaban J connectivity index is 1.82. The number of aliphatic hydroxyl groups excluding tert-OH is 1. The fraction of sp³-hybridized carbons (Fsp3) is 0.333. The molecule has 0 heterocycles. The number of benzene rings is 2. The van der Waals surface area contributed by atoms with Crippen LogP contribution < -0.4 is 10.1 Å². The minimum absolute atomic E-state index is 0.0990. The first-order valence-electron chi connectivity index (χ1n) is 7.47. The highest BCUT2D eigenvalue weighted by molar-refractivity contribution is 5.28. The lowest BCUT2D eigenvalue weighted by molar-refractivity contribution is 0.124. The van der Waals surface area contributed by atoms with Gasteiger partial charge in [-0.25, -0.2) is 0 Å². The highest BCUT2D eigenvalue weighted by atomic mass is 16.5. The van der Waals surface area contributed by atoms with E-state index in [4.69, 9.17) is 4.74 Å². The summed E-state index contributed by atoms with van der Waals surface area (Å²) in [5, 5.41) is 22.9. The lowest BCUT2D eigenvalue weighted by Gasteiger charge is -2.22. The molecular formula is C18H23NO3+. The Labute approximate surface area is 131 Å². The Hall–Kier alpha value is -2.04. The molecule has 3 N–H and O–H groups in total. The number of nitrogens with one attached hydrogen (secondary N) is 1. The lowest BCUT2D eigenvalue weighted by atomic mass is 10.0. The molecule has 0 aliphatic heterocycles. The van der Waals surface area contributed by atoms with Gasteiger partial charge in [0.15, 0.2) is 0 Å². The number of para-hydroxylation sites is 1. The molecule has 22 heavy (non-hydrogen) atoms. The Kier molecular flexibility index (Phi) is 5.81. The summed E-state index contributed by atoms with van der Waals surface area (Å²) in [6.45, 7) is 4.47. The number of rotatable bonds is 7. The van der Waals surface area contributed by atoms with E-state index in [0.717, 1.165) is 11.3 Å². The van der Waals surface area contributed by atoms with Crippen molar-refractivity contribution in [1.29, 1.82) is 0 Å². The zero-order valence-corrected chi connectivity index (χ0v) is 12.9. The fourth-order valence-corrected chi connectivity index (χ4v) is 2.29. The number of hydrogen-bond donors (Lipinski definition) is 3. The molecule has 0 saturated heterocycles. The van der Waals surface area contributed by atoms with Crippen LogP contribution in [0.4, 0.5) is 0 Å². The zero-order chi connectivity index (χ0) is 15.9. The van der Waals surface area contributed by atoms with Gasteiger partial charge in [0.25, 0.3) is 6.61 Å². The van der Waals surface area contributed by atoms with Crippen LogP contribution in [0.3, 0.4) is 0 Å². The first kappa shape index (κ1) is 16.3. The van der Waals surface area contributed by atoms with Gasteiger partial charge in [-0.15, -0.1) is 0 Å². The van der Waals surface area contributed by atoms with E-state index in [1.54, 1.807) is 24.3 Å². The molecule has 1 radical (unpaired) electrons. The van der Waals surface area contributed by atoms with Gasteiger partial charge in [0, 0.05) is 18.2 Å². The molecule has 2 aromatic rings. The Morgan fingerprint density at radius 1 is 1.00 bits per heavy atom. The molecule has 0 aliphatic rings. The van der Waals surface area contributed by atoms with Crippen molar-refractivity contribution in [3.05, 3.63) is 60.2 Å². The van der Waals surface area contributed by atoms with Crippen LogP contribution in [0.5, 0.6) is 11.5 Å². The number of phenols is 1. The number of aromatic hydroxyl groups is 1. The monoisotopic (exact) mass is 301 g/mol. The van der Waals surface area contributed by atoms with Gasteiger partial charge in [-0.2, -0.15) is 0 Å². The molecule has 2 rings (SSSR count). The third kappa shape index (κ3) is 4.76. The van der Waals surface area contributed by atoms with Gasteiger partial charge >= 0.3 is 5.75 Å². The standard InChI is InChI=1S/C18H23NO3/c1-13(12-22-17-6-4-3-5-7-17)19-14(2)18(21)15-8-10-16(20)11-9-15/h3-11,13-14,18-21H,12H2,1-2H3/q+1. The van der Waals surface area contributed by atoms with E-state index in [0.29, 0.717) is 6.61 Å². The summed E-state index contributed by atoms with van der Waals surface area (Å²) in [5.41, 5.74) is 0.772. The van der Waals surface area contributed by atoms with Crippen molar-refractivity contribution in [1.82, 2.24) is 5.32 Å². The molecule has 117 valence electrons. The third-order valence-corrected chi connectivity index (χ3v) is 3.50. The smallest absolute Gasteiger partial charge is 0.343 e. The third-order valence-electron chi connectivity index (χ3n) is 3.50. The van der Waals surface area contributed by atoms with Crippen LogP contribution in [-0.4, -0.2) is 28.9 Å². The quantitative estimate of drug-likeness (QED) is 0.688. The van der Waals surface area contributed by atoms with Crippen molar-refractivity contribution in [2.45, 2.75) is 32.0 Å². The second-order valence-electron chi connectivity index (χ2n) is 5.52. The van der Waals surface area contributed by atoms with E-state index in [2.05, 4.69) is 5.32 Å². The molecule has 0 saturated carbocycles. The van der Waals surface area contributed by atoms with Crippen LogP contribution in [0.25, 0.3) is 0 Å². The first-order chi connectivity index (χ1) is 10.6. The highest BCUT2D eigenvalue weighted by Crippen LogP contribution is 2.20. The van der Waals surface area contributed by atoms with Crippen molar-refractivity contribution < 1.29 is 14.9 Å². The summed E-state index contributed by atoms with van der Waals surface area (Å²) in [6.07, 6.45) is -0.639. The van der Waals surface area contributed by atoms with Crippen LogP contribution >= 0.6 is 0 Å². The minimum Gasteiger partial charge on any atom is -0.508 e. The van der Waals surface area contributed by atoms with Crippen LogP contribution in [0.1, 0.15) is 25.5 Å². The molecule has 0 amide bonds. The first-order valence-corrected chi connectivity index (χ1v) is 7.47. The molecule has 2 aromatic carbocycles. The summed E-state index contributed by atoms with van der Waals surface area (Å²) in [6, 6.07) is 16.2. The lowest BCUT2D eigenvalue weighted by Crippen LogP contribution is -2.41. The normalized spacial score (nSPS) is 15.0. The van der Waals surface area contributed by atoms with Gasteiger partial charge in [-0.3, -0.25) is 4.74 Å². The van der Waals surface area contributed by atoms with Gasteiger partial charge in [-0.1, -0.05) is 30.3 Å². The largest absolute Gasteiger partial charge is 0.508 e. The second kappa shape index (κ2) is 7.82. The molecule has 0 bridgehead atoms. The molecule has 0 spiro atoms. The van der Waals surface area contributed by atoms with Crippen molar-refractivity contribution in [2.24, 2.45) is 0 Å². The van der Waals surface area contributed by atoms with E-state index in [9.17, 15) is 10.2 Å². The molecule has 0 fully saturated rings. The number of phenolic OH excluding ortho intramolecular Hbond substituents is 1. The molecule has 0 aliphatic carbocycles. The Morgan fingerprint density at radius 2 is 1.64 bits per heavy atom.